The van der Waals surface area contributed by atoms with Gasteiger partial charge in [0.15, 0.2) is 19.7 Å². The lowest BCUT2D eigenvalue weighted by molar-refractivity contribution is -0.187. The molecular weight excluding hydrogens is 2280 g/mol. The molecule has 0 amide bonds. The van der Waals surface area contributed by atoms with Gasteiger partial charge in [0.1, 0.15) is 45.8 Å². The summed E-state index contributed by atoms with van der Waals surface area (Å²) in [5.74, 6) is -8.39. The van der Waals surface area contributed by atoms with Crippen molar-refractivity contribution in [1.82, 2.24) is 0 Å². The number of benzene rings is 6. The Bertz CT molecular complexity index is 6300. The summed E-state index contributed by atoms with van der Waals surface area (Å²) >= 11 is 0. The van der Waals surface area contributed by atoms with Crippen LogP contribution < -0.4 is 0 Å². The van der Waals surface area contributed by atoms with Gasteiger partial charge in [0, 0.05) is 122 Å². The van der Waals surface area contributed by atoms with Gasteiger partial charge in [0.05, 0.1) is 47.2 Å². The number of sulfone groups is 16. The molecule has 0 spiro atoms. The standard InChI is InChI=1S/2C10H8.C7H7F8O4S2.C6H11F2O4S2.2C6H6.2C4H6F3O6S3.3C4H6F3O4S2/c2*1-2-6-10-8-4-3-7-9(10)5-1;1-20(16,17)4(21(18,19)7(13,14)15)2-5(8,9)3-6(10,11)12;1-6(7,8)4-5(13(2,9)10)14(3,11)12;2*1-2-4-6-5-3-1;2*1-14(8,9)3(15(2,10)11)16(12,13)4(5,6)7;3*1-3(12(2,8)9)13(10,11)4(5,6)7/h2*1-8H;2-3H2,1H3;4H2,1-3H3;2*1-6H;2*1-2H3;3*1-2H3/q;;2*-1;;;5*-1. The van der Waals surface area contributed by atoms with Crippen LogP contribution in [-0.4, -0.2) is 248 Å². The quantitative estimate of drug-likeness (QED) is 0.0477. The van der Waals surface area contributed by atoms with Crippen molar-refractivity contribution in [2.75, 3.05) is 62.6 Å². The number of hydrogen-bond acceptors (Lipinski definition) is 32. The van der Waals surface area contributed by atoms with Gasteiger partial charge in [0.2, 0.25) is 11.8 Å². The van der Waals surface area contributed by atoms with Gasteiger partial charge in [-0.1, -0.05) is 206 Å². The first-order chi connectivity index (χ1) is 60.0. The number of rotatable bonds is 21. The Morgan fingerprint density at radius 1 is 0.203 bits per heavy atom. The van der Waals surface area contributed by atoms with Crippen LogP contribution in [0.1, 0.15) is 47.0 Å². The summed E-state index contributed by atoms with van der Waals surface area (Å²) in [5, 5.41) is 5.24. The van der Waals surface area contributed by atoms with E-state index in [-0.39, 0.29) is 31.3 Å². The molecule has 32 nitrogen and oxygen atoms in total. The Balaban J connectivity index is -0.000000475. The maximum atomic E-state index is 13.0. The zero-order valence-electron chi connectivity index (χ0n) is 71.3. The highest BCUT2D eigenvalue weighted by Gasteiger charge is 2.53. The molecule has 0 atom stereocenters. The highest BCUT2D eigenvalue weighted by molar-refractivity contribution is 8.29. The average Bonchev–Trinajstić information content (AvgIpc) is 0.753. The molecule has 806 valence electrons. The summed E-state index contributed by atoms with van der Waals surface area (Å²) in [4.78, 5) is 0. The van der Waals surface area contributed by atoms with Gasteiger partial charge >= 0.3 is 39.2 Å². The minimum Gasteiger partial charge on any atom is -0.261 e. The second-order valence-electron chi connectivity index (χ2n) is 26.2. The molecule has 0 aromatic heterocycles. The van der Waals surface area contributed by atoms with Gasteiger partial charge in [-0.05, 0) is 28.5 Å². The second-order valence-corrected chi connectivity index (χ2v) is 61.4. The third-order valence-corrected chi connectivity index (χ3v) is 47.7. The molecule has 0 aliphatic heterocycles. The first-order valence-corrected chi connectivity index (χ1v) is 61.4. The molecule has 0 saturated carbocycles. The summed E-state index contributed by atoms with van der Waals surface area (Å²) in [5.41, 5.74) is -34.9. The molecule has 73 heteroatoms. The molecular formula is C65H76F25O32S16-7. The number of fused-ring (bicyclic) bond motifs is 2. The highest BCUT2D eigenvalue weighted by Crippen LogP contribution is 2.45. The fourth-order valence-electron chi connectivity index (χ4n) is 7.57. The topological polar surface area (TPSA) is 546 Å². The number of alkyl halides is 25. The van der Waals surface area contributed by atoms with Crippen molar-refractivity contribution in [3.8, 4) is 0 Å². The Labute approximate surface area is 778 Å². The van der Waals surface area contributed by atoms with Gasteiger partial charge in [-0.15, -0.1) is 0 Å². The molecule has 0 radical (unpaired) electrons. The molecule has 0 fully saturated rings. The van der Waals surface area contributed by atoms with E-state index in [1.807, 2.05) is 72.8 Å². The van der Waals surface area contributed by atoms with E-state index in [2.05, 4.69) is 97.1 Å². The van der Waals surface area contributed by atoms with Crippen molar-refractivity contribution in [2.24, 2.45) is 0 Å². The van der Waals surface area contributed by atoms with E-state index in [9.17, 15) is 244 Å². The predicted molar refractivity (Wildman–Crippen MR) is 454 cm³/mol. The summed E-state index contributed by atoms with van der Waals surface area (Å²) in [6, 6.07) is 57.4. The minimum absolute atomic E-state index is 0.0622. The zero-order chi connectivity index (χ0) is 112. The molecule has 0 heterocycles. The van der Waals surface area contributed by atoms with Crippen LogP contribution in [0.4, 0.5) is 110 Å². The molecule has 138 heavy (non-hydrogen) atoms. The Hall–Kier alpha value is -6.71. The summed E-state index contributed by atoms with van der Waals surface area (Å²) < 4.78 is 629. The largest absolute Gasteiger partial charge is 0.470 e. The number of hydrogen-bond donors (Lipinski definition) is 0. The van der Waals surface area contributed by atoms with E-state index in [0.29, 0.717) is 59.0 Å². The summed E-state index contributed by atoms with van der Waals surface area (Å²) in [7, 11) is -83.4. The van der Waals surface area contributed by atoms with Crippen molar-refractivity contribution in [3.05, 3.63) is 201 Å². The van der Waals surface area contributed by atoms with Crippen molar-refractivity contribution in [2.45, 2.75) is 98.0 Å². The molecule has 0 aliphatic rings. The average molecular weight is 2360 g/mol. The lowest BCUT2D eigenvalue weighted by atomic mass is 10.1. The van der Waals surface area contributed by atoms with Crippen LogP contribution in [0.15, 0.2) is 170 Å². The van der Waals surface area contributed by atoms with E-state index in [0.717, 1.165) is 0 Å². The SMILES string of the molecule is CC(F)(F)C[C-](S(C)(=O)=O)S(C)(=O)=O.CS(=O)(=O)[C-](CC(F)(F)CC(F)(F)F)S(=O)(=O)C(F)(F)F.CS(=O)(=O)[C-](S(C)(=O)=O)S(=O)(=O)C(F)(F)F.CS(=O)(=O)[C-](S(C)(=O)=O)S(=O)(=O)C(F)(F)F.C[C-](S(C)(=O)=O)S(=O)(=O)C(F)(F)F.C[C-](S(C)(=O)=O)S(=O)(=O)C(F)(F)F.C[C-](S(C)(=O)=O)S(=O)(=O)C(F)(F)F.c1ccc2ccccc2c1.c1ccc2ccccc2c1.c1ccccc1.c1ccccc1. The van der Waals surface area contributed by atoms with Crippen LogP contribution in [0.3, 0.4) is 0 Å². The first-order valence-electron chi connectivity index (χ1n) is 33.6. The Morgan fingerprint density at radius 2 is 0.355 bits per heavy atom. The maximum Gasteiger partial charge on any atom is 0.470 e. The first kappa shape index (κ1) is 140. The van der Waals surface area contributed by atoms with E-state index >= 15 is 0 Å². The van der Waals surface area contributed by atoms with Gasteiger partial charge in [-0.3, -0.25) is 135 Å². The molecule has 0 N–H and O–H groups in total. The normalized spacial score (nSPS) is 13.8. The monoisotopic (exact) mass is 2350 g/mol. The summed E-state index contributed by atoms with van der Waals surface area (Å²) in [6.45, 7) is 1.66. The van der Waals surface area contributed by atoms with E-state index in [1.165, 1.54) is 21.5 Å². The van der Waals surface area contributed by atoms with Crippen molar-refractivity contribution < 1.29 is 244 Å². The van der Waals surface area contributed by atoms with Crippen LogP contribution in [0, 0.1) is 30.7 Å². The van der Waals surface area contributed by atoms with Crippen LogP contribution in [0.25, 0.3) is 21.5 Å². The second kappa shape index (κ2) is 50.7. The van der Waals surface area contributed by atoms with Crippen molar-refractivity contribution in [3.63, 3.8) is 0 Å². The van der Waals surface area contributed by atoms with E-state index < -0.39 is 258 Å². The third kappa shape index (κ3) is 49.5. The molecule has 6 rings (SSSR count). The van der Waals surface area contributed by atoms with Crippen molar-refractivity contribution in [1.29, 1.82) is 0 Å². The van der Waals surface area contributed by atoms with Crippen LogP contribution in [0.2, 0.25) is 0 Å². The Kier molecular flexibility index (Phi) is 51.3. The van der Waals surface area contributed by atoms with Crippen LogP contribution in [-0.2, 0) is 157 Å². The van der Waals surface area contributed by atoms with Gasteiger partial charge in [-0.2, -0.15) is 113 Å². The fraction of sp³-hybridized carbons (Fsp3) is 0.400. The van der Waals surface area contributed by atoms with E-state index in [4.69, 9.17) is 0 Å². The third-order valence-electron chi connectivity index (χ3n) is 13.7. The lowest BCUT2D eigenvalue weighted by Gasteiger charge is -2.33. The van der Waals surface area contributed by atoms with Crippen LogP contribution >= 0.6 is 0 Å². The van der Waals surface area contributed by atoms with Gasteiger partial charge in [-0.25, -0.2) is 17.6 Å². The minimum atomic E-state index is -6.70. The van der Waals surface area contributed by atoms with Crippen molar-refractivity contribution >= 4 is 179 Å². The highest BCUT2D eigenvalue weighted by atomic mass is 32.3. The molecule has 0 unspecified atom stereocenters. The van der Waals surface area contributed by atoms with Gasteiger partial charge in [0.25, 0.3) is 0 Å². The molecule has 6 aromatic rings. The Morgan fingerprint density at radius 3 is 0.442 bits per heavy atom. The lowest BCUT2D eigenvalue weighted by Crippen LogP contribution is -2.38. The summed E-state index contributed by atoms with van der Waals surface area (Å²) in [6.07, 6.45) is -10.0. The van der Waals surface area contributed by atoms with Crippen LogP contribution in [0.5, 0.6) is 0 Å². The fourth-order valence-corrected chi connectivity index (χ4v) is 32.7. The zero-order valence-corrected chi connectivity index (χ0v) is 84.4. The molecule has 0 saturated heterocycles. The molecule has 0 aliphatic carbocycles. The molecule has 0 bridgehead atoms. The van der Waals surface area contributed by atoms with E-state index in [1.54, 1.807) is 0 Å². The number of halogens is 25. The molecule has 6 aromatic carbocycles. The predicted octanol–water partition coefficient (Wildman–Crippen LogP) is 12.4. The van der Waals surface area contributed by atoms with Gasteiger partial charge < -0.3 is 0 Å². The maximum absolute atomic E-state index is 13.0. The smallest absolute Gasteiger partial charge is 0.261 e.